The van der Waals surface area contributed by atoms with Gasteiger partial charge in [0, 0.05) is 17.3 Å². The molecule has 21 heavy (non-hydrogen) atoms. The lowest BCUT2D eigenvalue weighted by molar-refractivity contribution is -0.121. The summed E-state index contributed by atoms with van der Waals surface area (Å²) in [7, 11) is 0. The lowest BCUT2D eigenvalue weighted by Gasteiger charge is -2.27. The average Bonchev–Trinajstić information content (AvgIpc) is 3.28. The van der Waals surface area contributed by atoms with Gasteiger partial charge in [-0.3, -0.25) is 9.69 Å². The zero-order valence-corrected chi connectivity index (χ0v) is 13.5. The van der Waals surface area contributed by atoms with E-state index in [-0.39, 0.29) is 11.9 Å². The third kappa shape index (κ3) is 4.25. The molecule has 2 rings (SSSR count). The Morgan fingerprint density at radius 3 is 2.81 bits per heavy atom. The Bertz CT molecular complexity index is 528. The average molecular weight is 305 g/mol. The van der Waals surface area contributed by atoms with Gasteiger partial charge in [0.25, 0.3) is 0 Å². The van der Waals surface area contributed by atoms with Crippen LogP contribution in [0.3, 0.4) is 0 Å². The van der Waals surface area contributed by atoms with Crippen molar-refractivity contribution in [3.8, 4) is 0 Å². The van der Waals surface area contributed by atoms with Gasteiger partial charge < -0.3 is 11.1 Å². The summed E-state index contributed by atoms with van der Waals surface area (Å²) in [5.41, 5.74) is 7.13. The van der Waals surface area contributed by atoms with Crippen LogP contribution >= 0.6 is 12.2 Å². The Kier molecular flexibility index (Phi) is 5.31. The van der Waals surface area contributed by atoms with Crippen LogP contribution in [0, 0.1) is 0 Å². The highest BCUT2D eigenvalue weighted by Gasteiger charge is 2.34. The maximum atomic E-state index is 12.4. The molecule has 1 aromatic carbocycles. The van der Waals surface area contributed by atoms with Crippen LogP contribution in [-0.2, 0) is 4.79 Å². The number of nitrogens with one attached hydrogen (secondary N) is 1. The number of nitrogens with two attached hydrogens (primary N) is 1. The van der Waals surface area contributed by atoms with E-state index in [4.69, 9.17) is 18.0 Å². The number of benzene rings is 1. The number of anilines is 1. The second-order valence-electron chi connectivity index (χ2n) is 5.58. The predicted octanol–water partition coefficient (Wildman–Crippen LogP) is 2.52. The second kappa shape index (κ2) is 7.00. The molecule has 0 bridgehead atoms. The number of thiocarbonyl (C=S) groups is 1. The van der Waals surface area contributed by atoms with E-state index in [2.05, 4.69) is 17.1 Å². The van der Waals surface area contributed by atoms with E-state index in [1.54, 1.807) is 0 Å². The third-order valence-corrected chi connectivity index (χ3v) is 4.02. The highest BCUT2D eigenvalue weighted by molar-refractivity contribution is 7.80. The Labute approximate surface area is 131 Å². The Balaban J connectivity index is 2.02. The molecule has 0 aromatic heterocycles. The highest BCUT2D eigenvalue weighted by Crippen LogP contribution is 2.29. The second-order valence-corrected chi connectivity index (χ2v) is 6.02. The van der Waals surface area contributed by atoms with E-state index in [1.807, 2.05) is 31.2 Å². The van der Waals surface area contributed by atoms with Crippen molar-refractivity contribution in [3.05, 3.63) is 29.8 Å². The molecule has 1 fully saturated rings. The Morgan fingerprint density at radius 1 is 1.52 bits per heavy atom. The Morgan fingerprint density at radius 2 is 2.24 bits per heavy atom. The van der Waals surface area contributed by atoms with Crippen LogP contribution in [0.4, 0.5) is 5.69 Å². The lowest BCUT2D eigenvalue weighted by Crippen LogP contribution is -2.43. The summed E-state index contributed by atoms with van der Waals surface area (Å²) >= 11 is 4.96. The molecule has 1 aliphatic carbocycles. The lowest BCUT2D eigenvalue weighted by atomic mass is 10.2. The van der Waals surface area contributed by atoms with Crippen molar-refractivity contribution in [1.29, 1.82) is 0 Å². The quantitative estimate of drug-likeness (QED) is 0.760. The molecule has 1 unspecified atom stereocenters. The molecule has 0 heterocycles. The van der Waals surface area contributed by atoms with E-state index in [1.165, 1.54) is 12.8 Å². The summed E-state index contributed by atoms with van der Waals surface area (Å²) in [6, 6.07) is 7.82. The molecule has 114 valence electrons. The van der Waals surface area contributed by atoms with Crippen molar-refractivity contribution in [1.82, 2.24) is 4.90 Å². The molecule has 1 saturated carbocycles. The van der Waals surface area contributed by atoms with Crippen LogP contribution in [0.1, 0.15) is 38.7 Å². The van der Waals surface area contributed by atoms with Gasteiger partial charge in [0.2, 0.25) is 5.91 Å². The molecule has 0 aliphatic heterocycles. The van der Waals surface area contributed by atoms with Gasteiger partial charge in [-0.15, -0.1) is 0 Å². The number of rotatable bonds is 7. The maximum absolute atomic E-state index is 12.4. The SMILES string of the molecule is CCCN(C1CC1)C(C)C(=O)Nc1cccc(C(N)=S)c1. The molecule has 0 spiro atoms. The molecule has 1 atom stereocenters. The van der Waals surface area contributed by atoms with Crippen LogP contribution in [0.25, 0.3) is 0 Å². The summed E-state index contributed by atoms with van der Waals surface area (Å²) in [5, 5.41) is 2.96. The fourth-order valence-corrected chi connectivity index (χ4v) is 2.63. The molecule has 0 saturated heterocycles. The van der Waals surface area contributed by atoms with Crippen molar-refractivity contribution in [2.45, 2.75) is 45.2 Å². The summed E-state index contributed by atoms with van der Waals surface area (Å²) in [6.45, 7) is 5.08. The van der Waals surface area contributed by atoms with Gasteiger partial charge in [0.15, 0.2) is 0 Å². The van der Waals surface area contributed by atoms with Crippen LogP contribution in [0.5, 0.6) is 0 Å². The molecule has 1 aromatic rings. The minimum absolute atomic E-state index is 0.0236. The van der Waals surface area contributed by atoms with Crippen LogP contribution < -0.4 is 11.1 Å². The summed E-state index contributed by atoms with van der Waals surface area (Å²) < 4.78 is 0. The van der Waals surface area contributed by atoms with Gasteiger partial charge in [-0.1, -0.05) is 31.3 Å². The smallest absolute Gasteiger partial charge is 0.241 e. The van der Waals surface area contributed by atoms with Crippen molar-refractivity contribution in [2.24, 2.45) is 5.73 Å². The molecule has 1 aliphatic rings. The van der Waals surface area contributed by atoms with Gasteiger partial charge in [0.05, 0.1) is 6.04 Å². The van der Waals surface area contributed by atoms with Crippen LogP contribution in [0.15, 0.2) is 24.3 Å². The fourth-order valence-electron chi connectivity index (χ4n) is 2.50. The number of carbonyl (C=O) groups excluding carboxylic acids is 1. The molecule has 4 nitrogen and oxygen atoms in total. The molecule has 1 amide bonds. The van der Waals surface area contributed by atoms with E-state index < -0.39 is 0 Å². The van der Waals surface area contributed by atoms with Crippen molar-refractivity contribution in [2.75, 3.05) is 11.9 Å². The normalized spacial score (nSPS) is 15.8. The molecule has 3 N–H and O–H groups in total. The largest absolute Gasteiger partial charge is 0.389 e. The molecular weight excluding hydrogens is 282 g/mol. The zero-order chi connectivity index (χ0) is 15.4. The van der Waals surface area contributed by atoms with Gasteiger partial charge in [-0.2, -0.15) is 0 Å². The van der Waals surface area contributed by atoms with E-state index in [0.29, 0.717) is 11.0 Å². The first-order chi connectivity index (χ1) is 10.0. The van der Waals surface area contributed by atoms with Gasteiger partial charge in [-0.25, -0.2) is 0 Å². The third-order valence-electron chi connectivity index (χ3n) is 3.79. The topological polar surface area (TPSA) is 58.4 Å². The molecule has 5 heteroatoms. The van der Waals surface area contributed by atoms with Crippen molar-refractivity contribution >= 4 is 28.8 Å². The number of carbonyl (C=O) groups is 1. The Hall–Kier alpha value is -1.46. The predicted molar refractivity (Wildman–Crippen MR) is 90.4 cm³/mol. The number of amides is 1. The van der Waals surface area contributed by atoms with Gasteiger partial charge in [0.1, 0.15) is 4.99 Å². The number of nitrogens with zero attached hydrogens (tertiary/aromatic N) is 1. The van der Waals surface area contributed by atoms with E-state index in [9.17, 15) is 4.79 Å². The van der Waals surface area contributed by atoms with Gasteiger partial charge >= 0.3 is 0 Å². The van der Waals surface area contributed by atoms with Gasteiger partial charge in [-0.05, 0) is 44.9 Å². The maximum Gasteiger partial charge on any atom is 0.241 e. The monoisotopic (exact) mass is 305 g/mol. The van der Waals surface area contributed by atoms with Crippen LogP contribution in [-0.4, -0.2) is 34.4 Å². The fraction of sp³-hybridized carbons (Fsp3) is 0.500. The van der Waals surface area contributed by atoms with Crippen molar-refractivity contribution < 1.29 is 4.79 Å². The van der Waals surface area contributed by atoms with E-state index >= 15 is 0 Å². The minimum atomic E-state index is -0.120. The summed E-state index contributed by atoms with van der Waals surface area (Å²) in [6.07, 6.45) is 3.47. The highest BCUT2D eigenvalue weighted by atomic mass is 32.1. The van der Waals surface area contributed by atoms with Crippen LogP contribution in [0.2, 0.25) is 0 Å². The van der Waals surface area contributed by atoms with E-state index in [0.717, 1.165) is 24.2 Å². The number of hydrogen-bond donors (Lipinski definition) is 2. The standard InChI is InChI=1S/C16H23N3OS/c1-3-9-19(14-7-8-14)11(2)16(20)18-13-6-4-5-12(10-13)15(17)21/h4-6,10-11,14H,3,7-9H2,1-2H3,(H2,17,21)(H,18,20). The first-order valence-corrected chi connectivity index (χ1v) is 7.90. The molecule has 0 radical (unpaired) electrons. The summed E-state index contributed by atoms with van der Waals surface area (Å²) in [5.74, 6) is 0.0236. The minimum Gasteiger partial charge on any atom is -0.389 e. The first kappa shape index (κ1) is 15.9. The van der Waals surface area contributed by atoms with Crippen molar-refractivity contribution in [3.63, 3.8) is 0 Å². The summed E-state index contributed by atoms with van der Waals surface area (Å²) in [4.78, 5) is 15.1. The first-order valence-electron chi connectivity index (χ1n) is 7.49. The zero-order valence-electron chi connectivity index (χ0n) is 12.6. The number of hydrogen-bond acceptors (Lipinski definition) is 3. The molecular formula is C16H23N3OS.